The van der Waals surface area contributed by atoms with Crippen LogP contribution in [0.15, 0.2) is 29.1 Å². The molecule has 2 aromatic rings. The van der Waals surface area contributed by atoms with Crippen LogP contribution in [0.3, 0.4) is 0 Å². The predicted octanol–water partition coefficient (Wildman–Crippen LogP) is 1.30. The van der Waals surface area contributed by atoms with Crippen LogP contribution in [-0.4, -0.2) is 21.7 Å². The molecular weight excluding hydrogens is 300 g/mol. The largest absolute Gasteiger partial charge is 0.390 e. The zero-order chi connectivity index (χ0) is 15.9. The first kappa shape index (κ1) is 15.0. The van der Waals surface area contributed by atoms with Crippen LogP contribution in [0, 0.1) is 13.8 Å². The molecule has 0 fully saturated rings. The SMILES string of the molecule is Cc1sc(=O)n(CC(=O)NC2c3ccccc3CC2O)c1C. The molecule has 2 N–H and O–H groups in total. The first-order chi connectivity index (χ1) is 10.5. The second-order valence-corrected chi connectivity index (χ2v) is 6.78. The number of aromatic nitrogens is 1. The van der Waals surface area contributed by atoms with E-state index in [1.807, 2.05) is 38.1 Å². The Bertz CT molecular complexity index is 778. The van der Waals surface area contributed by atoms with Crippen molar-refractivity contribution in [3.8, 4) is 0 Å². The van der Waals surface area contributed by atoms with Crippen molar-refractivity contribution in [3.63, 3.8) is 0 Å². The van der Waals surface area contributed by atoms with E-state index in [1.165, 1.54) is 4.57 Å². The van der Waals surface area contributed by atoms with Crippen LogP contribution in [0.25, 0.3) is 0 Å². The summed E-state index contributed by atoms with van der Waals surface area (Å²) in [6.45, 7) is 3.69. The van der Waals surface area contributed by atoms with E-state index in [0.29, 0.717) is 6.42 Å². The van der Waals surface area contributed by atoms with Crippen molar-refractivity contribution in [2.75, 3.05) is 0 Å². The van der Waals surface area contributed by atoms with Gasteiger partial charge in [-0.1, -0.05) is 35.6 Å². The summed E-state index contributed by atoms with van der Waals surface area (Å²) in [6.07, 6.45) is -0.0825. The van der Waals surface area contributed by atoms with Gasteiger partial charge in [-0.15, -0.1) is 0 Å². The number of nitrogens with one attached hydrogen (secondary N) is 1. The number of rotatable bonds is 3. The van der Waals surface area contributed by atoms with Gasteiger partial charge in [-0.2, -0.15) is 0 Å². The summed E-state index contributed by atoms with van der Waals surface area (Å²) < 4.78 is 1.47. The van der Waals surface area contributed by atoms with Crippen LogP contribution in [0.2, 0.25) is 0 Å². The highest BCUT2D eigenvalue weighted by molar-refractivity contribution is 7.09. The van der Waals surface area contributed by atoms with Gasteiger partial charge in [0.2, 0.25) is 5.91 Å². The minimum atomic E-state index is -0.622. The zero-order valence-corrected chi connectivity index (χ0v) is 13.3. The van der Waals surface area contributed by atoms with Gasteiger partial charge in [0.25, 0.3) is 0 Å². The van der Waals surface area contributed by atoms with Crippen molar-refractivity contribution in [2.24, 2.45) is 0 Å². The lowest BCUT2D eigenvalue weighted by Crippen LogP contribution is -2.37. The Morgan fingerprint density at radius 2 is 2.14 bits per heavy atom. The smallest absolute Gasteiger partial charge is 0.308 e. The Morgan fingerprint density at radius 3 is 2.82 bits per heavy atom. The number of carbonyl (C=O) groups is 1. The van der Waals surface area contributed by atoms with E-state index in [0.717, 1.165) is 33.0 Å². The maximum absolute atomic E-state index is 12.3. The number of hydrogen-bond donors (Lipinski definition) is 2. The summed E-state index contributed by atoms with van der Waals surface area (Å²) >= 11 is 1.15. The molecule has 1 aromatic carbocycles. The molecule has 1 aliphatic carbocycles. The molecule has 1 aromatic heterocycles. The van der Waals surface area contributed by atoms with Crippen LogP contribution >= 0.6 is 11.3 Å². The van der Waals surface area contributed by atoms with E-state index in [1.54, 1.807) is 0 Å². The predicted molar refractivity (Wildman–Crippen MR) is 85.1 cm³/mol. The molecule has 1 amide bonds. The van der Waals surface area contributed by atoms with Gasteiger partial charge in [0.15, 0.2) is 0 Å². The lowest BCUT2D eigenvalue weighted by atomic mass is 10.1. The minimum Gasteiger partial charge on any atom is -0.390 e. The summed E-state index contributed by atoms with van der Waals surface area (Å²) in [5.41, 5.74) is 2.83. The average molecular weight is 318 g/mol. The first-order valence-corrected chi connectivity index (χ1v) is 8.01. The molecule has 1 aliphatic rings. The number of aliphatic hydroxyl groups is 1. The maximum atomic E-state index is 12.3. The zero-order valence-electron chi connectivity index (χ0n) is 12.5. The molecule has 1 heterocycles. The lowest BCUT2D eigenvalue weighted by molar-refractivity contribution is -0.123. The van der Waals surface area contributed by atoms with Gasteiger partial charge in [-0.25, -0.2) is 0 Å². The molecule has 2 atom stereocenters. The Balaban J connectivity index is 1.76. The maximum Gasteiger partial charge on any atom is 0.308 e. The molecule has 3 rings (SSSR count). The van der Waals surface area contributed by atoms with Gasteiger partial charge >= 0.3 is 4.87 Å². The molecule has 0 bridgehead atoms. The Morgan fingerprint density at radius 1 is 1.41 bits per heavy atom. The van der Waals surface area contributed by atoms with Crippen molar-refractivity contribution in [2.45, 2.75) is 39.0 Å². The van der Waals surface area contributed by atoms with Crippen LogP contribution < -0.4 is 10.2 Å². The average Bonchev–Trinajstić information content (AvgIpc) is 2.91. The molecule has 5 nitrogen and oxygen atoms in total. The fraction of sp³-hybridized carbons (Fsp3) is 0.375. The molecule has 22 heavy (non-hydrogen) atoms. The number of amides is 1. The molecule has 0 spiro atoms. The summed E-state index contributed by atoms with van der Waals surface area (Å²) in [5, 5.41) is 13.0. The topological polar surface area (TPSA) is 71.3 Å². The van der Waals surface area contributed by atoms with Gasteiger partial charge in [-0.05, 0) is 25.0 Å². The van der Waals surface area contributed by atoms with E-state index < -0.39 is 12.1 Å². The molecule has 0 radical (unpaired) electrons. The number of thiazole rings is 1. The number of nitrogens with zero attached hydrogens (tertiary/aromatic N) is 1. The summed E-state index contributed by atoms with van der Waals surface area (Å²) in [4.78, 5) is 24.9. The number of hydrogen-bond acceptors (Lipinski definition) is 4. The fourth-order valence-electron chi connectivity index (χ4n) is 2.88. The fourth-order valence-corrected chi connectivity index (χ4v) is 3.71. The second-order valence-electron chi connectivity index (χ2n) is 5.61. The van der Waals surface area contributed by atoms with Gasteiger partial charge in [-0.3, -0.25) is 14.2 Å². The highest BCUT2D eigenvalue weighted by Crippen LogP contribution is 2.31. The Kier molecular flexibility index (Phi) is 3.88. The molecule has 6 heteroatoms. The lowest BCUT2D eigenvalue weighted by Gasteiger charge is -2.18. The second kappa shape index (κ2) is 5.70. The number of aryl methyl sites for hydroxylation is 1. The van der Waals surface area contributed by atoms with Crippen molar-refractivity contribution in [3.05, 3.63) is 55.6 Å². The van der Waals surface area contributed by atoms with Crippen LogP contribution in [0.1, 0.15) is 27.7 Å². The van der Waals surface area contributed by atoms with Gasteiger partial charge in [0, 0.05) is 17.0 Å². The Labute approximate surface area is 132 Å². The molecule has 2 unspecified atom stereocenters. The number of fused-ring (bicyclic) bond motifs is 1. The third-order valence-electron chi connectivity index (χ3n) is 4.20. The summed E-state index contributed by atoms with van der Waals surface area (Å²) in [5.74, 6) is -0.260. The Hall–Kier alpha value is -1.92. The minimum absolute atomic E-state index is 0.0135. The van der Waals surface area contributed by atoms with Crippen molar-refractivity contribution >= 4 is 17.2 Å². The third kappa shape index (κ3) is 2.60. The summed E-state index contributed by atoms with van der Waals surface area (Å²) in [7, 11) is 0. The number of benzene rings is 1. The van der Waals surface area contributed by atoms with E-state index in [-0.39, 0.29) is 17.3 Å². The van der Waals surface area contributed by atoms with Gasteiger partial charge in [0.05, 0.1) is 12.1 Å². The molecule has 0 aliphatic heterocycles. The third-order valence-corrected chi connectivity index (χ3v) is 5.19. The quantitative estimate of drug-likeness (QED) is 0.896. The highest BCUT2D eigenvalue weighted by Gasteiger charge is 2.31. The standard InChI is InChI=1S/C16H18N2O3S/c1-9-10(2)22-16(21)18(9)8-14(20)17-15-12-6-4-3-5-11(12)7-13(15)19/h3-6,13,15,19H,7-8H2,1-2H3,(H,17,20). The van der Waals surface area contributed by atoms with Crippen LogP contribution in [0.4, 0.5) is 0 Å². The van der Waals surface area contributed by atoms with Crippen molar-refractivity contribution in [1.82, 2.24) is 9.88 Å². The van der Waals surface area contributed by atoms with Crippen LogP contribution in [-0.2, 0) is 17.8 Å². The molecular formula is C16H18N2O3S. The van der Waals surface area contributed by atoms with E-state index in [4.69, 9.17) is 0 Å². The number of carbonyl (C=O) groups excluding carboxylic acids is 1. The molecule has 0 saturated heterocycles. The van der Waals surface area contributed by atoms with Gasteiger partial charge < -0.3 is 10.4 Å². The number of aliphatic hydroxyl groups excluding tert-OH is 1. The van der Waals surface area contributed by atoms with Gasteiger partial charge in [0.1, 0.15) is 6.54 Å². The van der Waals surface area contributed by atoms with E-state index in [2.05, 4.69) is 5.32 Å². The molecule has 116 valence electrons. The normalized spacial score (nSPS) is 20.0. The molecule has 0 saturated carbocycles. The monoisotopic (exact) mass is 318 g/mol. The summed E-state index contributed by atoms with van der Waals surface area (Å²) in [6, 6.07) is 7.30. The van der Waals surface area contributed by atoms with Crippen LogP contribution in [0.5, 0.6) is 0 Å². The van der Waals surface area contributed by atoms with E-state index in [9.17, 15) is 14.7 Å². The van der Waals surface area contributed by atoms with Crippen molar-refractivity contribution < 1.29 is 9.90 Å². The van der Waals surface area contributed by atoms with Crippen molar-refractivity contribution in [1.29, 1.82) is 0 Å². The highest BCUT2D eigenvalue weighted by atomic mass is 32.1. The van der Waals surface area contributed by atoms with E-state index >= 15 is 0 Å². The first-order valence-electron chi connectivity index (χ1n) is 7.19.